The summed E-state index contributed by atoms with van der Waals surface area (Å²) in [4.78, 5) is 23.6. The maximum atomic E-state index is 11.4. The first-order chi connectivity index (χ1) is 8.22. The molecule has 0 aliphatic rings. The number of carbonyl (C=O) groups is 2. The molecule has 94 valence electrons. The van der Waals surface area contributed by atoms with E-state index in [0.717, 1.165) is 12.8 Å². The zero-order valence-electron chi connectivity index (χ0n) is 9.90. The molecule has 17 heavy (non-hydrogen) atoms. The fourth-order valence-electron chi connectivity index (χ4n) is 1.35. The number of aryl methyl sites for hydroxylation is 1. The number of hydrogen-bond donors (Lipinski definition) is 1. The Morgan fingerprint density at radius 1 is 1.47 bits per heavy atom. The Kier molecular flexibility index (Phi) is 6.32. The molecule has 1 aromatic heterocycles. The van der Waals surface area contributed by atoms with Crippen LogP contribution in [0.25, 0.3) is 0 Å². The lowest BCUT2D eigenvalue weighted by Gasteiger charge is -2.04. The van der Waals surface area contributed by atoms with Crippen molar-refractivity contribution in [1.82, 2.24) is 5.32 Å². The van der Waals surface area contributed by atoms with Gasteiger partial charge in [0.05, 0.1) is 6.61 Å². The van der Waals surface area contributed by atoms with Gasteiger partial charge in [0, 0.05) is 11.3 Å². The van der Waals surface area contributed by atoms with Crippen LogP contribution in [0.4, 0.5) is 0 Å². The Hall–Kier alpha value is -1.36. The highest BCUT2D eigenvalue weighted by atomic mass is 32.1. The molecule has 4 nitrogen and oxygen atoms in total. The van der Waals surface area contributed by atoms with Gasteiger partial charge >= 0.3 is 5.97 Å². The smallest absolute Gasteiger partial charge is 0.325 e. The normalized spacial score (nSPS) is 9.94. The van der Waals surface area contributed by atoms with E-state index in [1.807, 2.05) is 11.4 Å². The molecule has 0 aromatic carbocycles. The van der Waals surface area contributed by atoms with E-state index in [2.05, 4.69) is 11.4 Å². The van der Waals surface area contributed by atoms with Gasteiger partial charge in [-0.25, -0.2) is 0 Å². The topological polar surface area (TPSA) is 55.4 Å². The van der Waals surface area contributed by atoms with Gasteiger partial charge in [-0.3, -0.25) is 9.59 Å². The standard InChI is InChI=1S/C12H17NO3S/c1-2-16-12(15)9-13-11(14)7-3-5-10-6-4-8-17-10/h4,6,8H,2-3,5,7,9H2,1H3,(H,13,14). The van der Waals surface area contributed by atoms with Crippen molar-refractivity contribution in [3.63, 3.8) is 0 Å². The molecule has 0 spiro atoms. The summed E-state index contributed by atoms with van der Waals surface area (Å²) in [7, 11) is 0. The summed E-state index contributed by atoms with van der Waals surface area (Å²) in [6.07, 6.45) is 2.15. The first kappa shape index (κ1) is 13.7. The van der Waals surface area contributed by atoms with Crippen LogP contribution in [0, 0.1) is 0 Å². The molecule has 0 fully saturated rings. The summed E-state index contributed by atoms with van der Waals surface area (Å²) in [5.41, 5.74) is 0. The second kappa shape index (κ2) is 7.84. The molecule has 5 heteroatoms. The minimum Gasteiger partial charge on any atom is -0.465 e. The molecule has 0 bridgehead atoms. The SMILES string of the molecule is CCOC(=O)CNC(=O)CCCc1cccs1. The van der Waals surface area contributed by atoms with Crippen LogP contribution in [-0.4, -0.2) is 25.0 Å². The van der Waals surface area contributed by atoms with Crippen molar-refractivity contribution in [2.45, 2.75) is 26.2 Å². The van der Waals surface area contributed by atoms with E-state index in [4.69, 9.17) is 4.74 Å². The molecule has 0 radical (unpaired) electrons. The van der Waals surface area contributed by atoms with Crippen molar-refractivity contribution in [3.8, 4) is 0 Å². The van der Waals surface area contributed by atoms with Gasteiger partial charge in [-0.1, -0.05) is 6.07 Å². The summed E-state index contributed by atoms with van der Waals surface area (Å²) in [6, 6.07) is 4.06. The second-order valence-corrected chi connectivity index (χ2v) is 4.55. The lowest BCUT2D eigenvalue weighted by molar-refractivity contribution is -0.143. The number of rotatable bonds is 7. The minimum absolute atomic E-state index is 0.0360. The van der Waals surface area contributed by atoms with Gasteiger partial charge in [-0.05, 0) is 31.2 Å². The maximum Gasteiger partial charge on any atom is 0.325 e. The number of thiophene rings is 1. The fourth-order valence-corrected chi connectivity index (χ4v) is 2.10. The Morgan fingerprint density at radius 2 is 2.29 bits per heavy atom. The summed E-state index contributed by atoms with van der Waals surface area (Å²) < 4.78 is 4.70. The van der Waals surface area contributed by atoms with Crippen LogP contribution in [0.15, 0.2) is 17.5 Å². The molecule has 0 unspecified atom stereocenters. The van der Waals surface area contributed by atoms with Crippen LogP contribution in [0.5, 0.6) is 0 Å². The predicted molar refractivity (Wildman–Crippen MR) is 66.9 cm³/mol. The Labute approximate surface area is 105 Å². The van der Waals surface area contributed by atoms with Gasteiger partial charge in [0.1, 0.15) is 6.54 Å². The third-order valence-corrected chi connectivity index (χ3v) is 3.08. The van der Waals surface area contributed by atoms with Crippen molar-refractivity contribution in [3.05, 3.63) is 22.4 Å². The molecule has 1 N–H and O–H groups in total. The van der Waals surface area contributed by atoms with Crippen molar-refractivity contribution >= 4 is 23.2 Å². The molecule has 0 saturated heterocycles. The molecular formula is C12H17NO3S. The monoisotopic (exact) mass is 255 g/mol. The summed E-state index contributed by atoms with van der Waals surface area (Å²) in [5.74, 6) is -0.492. The third kappa shape index (κ3) is 6.06. The van der Waals surface area contributed by atoms with E-state index >= 15 is 0 Å². The largest absolute Gasteiger partial charge is 0.465 e. The molecule has 1 aromatic rings. The first-order valence-electron chi connectivity index (χ1n) is 5.67. The van der Waals surface area contributed by atoms with Gasteiger partial charge in [-0.2, -0.15) is 0 Å². The lowest BCUT2D eigenvalue weighted by Crippen LogP contribution is -2.30. The maximum absolute atomic E-state index is 11.4. The molecule has 0 atom stereocenters. The zero-order valence-corrected chi connectivity index (χ0v) is 10.7. The number of esters is 1. The molecule has 1 amide bonds. The van der Waals surface area contributed by atoms with Crippen molar-refractivity contribution in [1.29, 1.82) is 0 Å². The predicted octanol–water partition coefficient (Wildman–Crippen LogP) is 1.75. The number of carbonyl (C=O) groups excluding carboxylic acids is 2. The second-order valence-electron chi connectivity index (χ2n) is 3.51. The van der Waals surface area contributed by atoms with E-state index in [1.165, 1.54) is 4.88 Å². The van der Waals surface area contributed by atoms with E-state index in [1.54, 1.807) is 18.3 Å². The van der Waals surface area contributed by atoms with Crippen LogP contribution in [0.1, 0.15) is 24.6 Å². The molecule has 0 aliphatic heterocycles. The Bertz CT molecular complexity index is 349. The van der Waals surface area contributed by atoms with Crippen molar-refractivity contribution in [2.75, 3.05) is 13.2 Å². The number of hydrogen-bond acceptors (Lipinski definition) is 4. The highest BCUT2D eigenvalue weighted by Crippen LogP contribution is 2.11. The number of nitrogens with one attached hydrogen (secondary N) is 1. The van der Waals surface area contributed by atoms with Gasteiger partial charge in [0.25, 0.3) is 0 Å². The molecular weight excluding hydrogens is 238 g/mol. The Balaban J connectivity index is 2.07. The van der Waals surface area contributed by atoms with Crippen LogP contribution in [0.2, 0.25) is 0 Å². The van der Waals surface area contributed by atoms with Gasteiger partial charge in [-0.15, -0.1) is 11.3 Å². The molecule has 1 heterocycles. The third-order valence-electron chi connectivity index (χ3n) is 2.14. The van der Waals surface area contributed by atoms with E-state index in [-0.39, 0.29) is 18.4 Å². The quantitative estimate of drug-likeness (QED) is 0.755. The lowest BCUT2D eigenvalue weighted by atomic mass is 10.2. The molecule has 1 rings (SSSR count). The Morgan fingerprint density at radius 3 is 2.94 bits per heavy atom. The van der Waals surface area contributed by atoms with Crippen molar-refractivity contribution in [2.24, 2.45) is 0 Å². The van der Waals surface area contributed by atoms with Gasteiger partial charge in [0.2, 0.25) is 5.91 Å². The highest BCUT2D eigenvalue weighted by Gasteiger charge is 2.05. The van der Waals surface area contributed by atoms with Gasteiger partial charge < -0.3 is 10.1 Å². The first-order valence-corrected chi connectivity index (χ1v) is 6.55. The molecule has 0 aliphatic carbocycles. The zero-order chi connectivity index (χ0) is 12.5. The van der Waals surface area contributed by atoms with E-state index in [0.29, 0.717) is 13.0 Å². The fraction of sp³-hybridized carbons (Fsp3) is 0.500. The number of amides is 1. The molecule has 0 saturated carbocycles. The summed E-state index contributed by atoms with van der Waals surface area (Å²) >= 11 is 1.69. The van der Waals surface area contributed by atoms with Crippen LogP contribution in [-0.2, 0) is 20.7 Å². The van der Waals surface area contributed by atoms with Crippen LogP contribution >= 0.6 is 11.3 Å². The van der Waals surface area contributed by atoms with Crippen LogP contribution in [0.3, 0.4) is 0 Å². The van der Waals surface area contributed by atoms with Crippen LogP contribution < -0.4 is 5.32 Å². The minimum atomic E-state index is -0.390. The van der Waals surface area contributed by atoms with Gasteiger partial charge in [0.15, 0.2) is 0 Å². The average Bonchev–Trinajstić information content (AvgIpc) is 2.80. The summed E-state index contributed by atoms with van der Waals surface area (Å²) in [6.45, 7) is 2.04. The van der Waals surface area contributed by atoms with E-state index < -0.39 is 0 Å². The van der Waals surface area contributed by atoms with E-state index in [9.17, 15) is 9.59 Å². The van der Waals surface area contributed by atoms with Crippen molar-refractivity contribution < 1.29 is 14.3 Å². The number of ether oxygens (including phenoxy) is 1. The highest BCUT2D eigenvalue weighted by molar-refractivity contribution is 7.09. The summed E-state index contributed by atoms with van der Waals surface area (Å²) in [5, 5.41) is 4.56. The average molecular weight is 255 g/mol.